The molecule has 1 N–H and O–H groups in total. The molecular weight excluding hydrogens is 384 g/mol. The maximum atomic E-state index is 13.3. The highest BCUT2D eigenvalue weighted by Crippen LogP contribution is 2.45. The molecule has 1 aliphatic heterocycles. The quantitative estimate of drug-likeness (QED) is 0.557. The zero-order valence-electron chi connectivity index (χ0n) is 15.5. The van der Waals surface area contributed by atoms with E-state index in [0.717, 1.165) is 5.56 Å². The van der Waals surface area contributed by atoms with Gasteiger partial charge in [0.15, 0.2) is 5.60 Å². The van der Waals surface area contributed by atoms with Crippen molar-refractivity contribution in [2.24, 2.45) is 0 Å². The largest absolute Gasteiger partial charge is 0.372 e. The lowest BCUT2D eigenvalue weighted by Crippen LogP contribution is -2.40. The molecule has 2 aromatic heterocycles. The Balaban J connectivity index is 1.44. The van der Waals surface area contributed by atoms with Crippen LogP contribution in [-0.4, -0.2) is 26.0 Å². The number of fused-ring (bicyclic) bond motifs is 1. The van der Waals surface area contributed by atoms with Crippen LogP contribution in [0, 0.1) is 0 Å². The van der Waals surface area contributed by atoms with Gasteiger partial charge in [-0.1, -0.05) is 53.7 Å². The fraction of sp³-hybridized carbons (Fsp3) is 0.136. The van der Waals surface area contributed by atoms with Crippen molar-refractivity contribution >= 4 is 22.9 Å². The Morgan fingerprint density at radius 2 is 1.79 bits per heavy atom. The molecule has 0 bridgehead atoms. The van der Waals surface area contributed by atoms with E-state index in [-0.39, 0.29) is 12.5 Å². The number of anilines is 1. The minimum Gasteiger partial charge on any atom is -0.372 e. The van der Waals surface area contributed by atoms with Crippen molar-refractivity contribution < 1.29 is 9.90 Å². The van der Waals surface area contributed by atoms with E-state index in [9.17, 15) is 9.90 Å². The van der Waals surface area contributed by atoms with Crippen LogP contribution in [0.4, 0.5) is 5.69 Å². The Kier molecular flexibility index (Phi) is 4.26. The number of hydrogen-bond donors (Lipinski definition) is 1. The van der Waals surface area contributed by atoms with Crippen LogP contribution in [-0.2, 0) is 23.5 Å². The van der Waals surface area contributed by atoms with Crippen LogP contribution >= 0.6 is 11.3 Å². The van der Waals surface area contributed by atoms with E-state index in [2.05, 4.69) is 10.3 Å². The first-order valence-electron chi connectivity index (χ1n) is 9.26. The highest BCUT2D eigenvalue weighted by atomic mass is 32.1. The second-order valence-corrected chi connectivity index (χ2v) is 7.80. The molecule has 0 saturated carbocycles. The molecule has 0 fully saturated rings. The van der Waals surface area contributed by atoms with Gasteiger partial charge in [-0.15, -0.1) is 5.10 Å². The summed E-state index contributed by atoms with van der Waals surface area (Å²) >= 11 is 1.45. The lowest BCUT2D eigenvalue weighted by Gasteiger charge is -2.22. The molecule has 29 heavy (non-hydrogen) atoms. The van der Waals surface area contributed by atoms with E-state index in [1.165, 1.54) is 11.3 Å². The van der Waals surface area contributed by atoms with Gasteiger partial charge in [0.1, 0.15) is 5.69 Å². The molecule has 0 aliphatic carbocycles. The highest BCUT2D eigenvalue weighted by Gasteiger charge is 2.51. The Hall–Kier alpha value is -3.29. The van der Waals surface area contributed by atoms with Crippen molar-refractivity contribution in [1.82, 2.24) is 15.0 Å². The number of thiophene rings is 1. The zero-order chi connectivity index (χ0) is 19.8. The predicted molar refractivity (Wildman–Crippen MR) is 111 cm³/mol. The van der Waals surface area contributed by atoms with Gasteiger partial charge in [-0.25, -0.2) is 4.68 Å². The summed E-state index contributed by atoms with van der Waals surface area (Å²) in [5.74, 6) is -0.366. The van der Waals surface area contributed by atoms with Crippen molar-refractivity contribution in [1.29, 1.82) is 0 Å². The Morgan fingerprint density at radius 3 is 2.59 bits per heavy atom. The molecule has 0 unspecified atom stereocenters. The van der Waals surface area contributed by atoms with Crippen molar-refractivity contribution in [3.63, 3.8) is 0 Å². The Labute approximate surface area is 171 Å². The molecule has 6 nitrogen and oxygen atoms in total. The van der Waals surface area contributed by atoms with Gasteiger partial charge in [-0.05, 0) is 28.5 Å². The molecule has 0 spiro atoms. The van der Waals surface area contributed by atoms with E-state index in [4.69, 9.17) is 0 Å². The Bertz CT molecular complexity index is 1160. The standard InChI is InChI=1S/C22H18N4O2S/c27-21-22(28,17-10-11-29-15-17)19-8-4-5-9-20(19)26(21)14-18-13-25(24-23-18)12-16-6-2-1-3-7-16/h1-11,13,15,28H,12,14H2/t22-/m0/s1. The van der Waals surface area contributed by atoms with Gasteiger partial charge in [0.2, 0.25) is 0 Å². The van der Waals surface area contributed by atoms with E-state index in [1.54, 1.807) is 21.7 Å². The molecular formula is C22H18N4O2S. The maximum Gasteiger partial charge on any atom is 0.268 e. The fourth-order valence-electron chi connectivity index (χ4n) is 3.76. The molecule has 4 aromatic rings. The van der Waals surface area contributed by atoms with E-state index in [0.29, 0.717) is 29.1 Å². The summed E-state index contributed by atoms with van der Waals surface area (Å²) in [5, 5.41) is 23.5. The van der Waals surface area contributed by atoms with E-state index < -0.39 is 5.60 Å². The maximum absolute atomic E-state index is 13.3. The van der Waals surface area contributed by atoms with Crippen LogP contribution in [0.1, 0.15) is 22.4 Å². The van der Waals surface area contributed by atoms with Gasteiger partial charge in [-0.2, -0.15) is 11.3 Å². The average molecular weight is 402 g/mol. The average Bonchev–Trinajstić information content (AvgIpc) is 3.48. The highest BCUT2D eigenvalue weighted by molar-refractivity contribution is 7.08. The number of aromatic nitrogens is 3. The summed E-state index contributed by atoms with van der Waals surface area (Å²) < 4.78 is 1.75. The lowest BCUT2D eigenvalue weighted by molar-refractivity contribution is -0.132. The van der Waals surface area contributed by atoms with Gasteiger partial charge >= 0.3 is 0 Å². The molecule has 2 aromatic carbocycles. The van der Waals surface area contributed by atoms with Gasteiger partial charge in [0, 0.05) is 11.1 Å². The monoisotopic (exact) mass is 402 g/mol. The number of para-hydroxylation sites is 1. The number of amides is 1. The summed E-state index contributed by atoms with van der Waals surface area (Å²) in [4.78, 5) is 14.9. The fourth-order valence-corrected chi connectivity index (χ4v) is 4.46. The minimum atomic E-state index is -1.67. The summed E-state index contributed by atoms with van der Waals surface area (Å²) in [6.07, 6.45) is 1.84. The lowest BCUT2D eigenvalue weighted by atomic mass is 9.89. The number of carbonyl (C=O) groups excluding carboxylic acids is 1. The van der Waals surface area contributed by atoms with Crippen LogP contribution < -0.4 is 4.90 Å². The first-order valence-corrected chi connectivity index (χ1v) is 10.2. The SMILES string of the molecule is O=C1N(Cc2cn(Cc3ccccc3)nn2)c2ccccc2[C@@]1(O)c1ccsc1. The van der Waals surface area contributed by atoms with E-state index in [1.807, 2.05) is 65.5 Å². The van der Waals surface area contributed by atoms with Gasteiger partial charge < -0.3 is 10.0 Å². The Morgan fingerprint density at radius 1 is 1.00 bits per heavy atom. The van der Waals surface area contributed by atoms with Crippen LogP contribution in [0.2, 0.25) is 0 Å². The van der Waals surface area contributed by atoms with Gasteiger partial charge in [0.25, 0.3) is 5.91 Å². The van der Waals surface area contributed by atoms with Gasteiger partial charge in [-0.3, -0.25) is 4.79 Å². The third-order valence-electron chi connectivity index (χ3n) is 5.17. The number of hydrogen-bond acceptors (Lipinski definition) is 5. The third kappa shape index (κ3) is 2.95. The summed E-state index contributed by atoms with van der Waals surface area (Å²) in [6, 6.07) is 19.2. The molecule has 7 heteroatoms. The van der Waals surface area contributed by atoms with Crippen LogP contribution in [0.5, 0.6) is 0 Å². The van der Waals surface area contributed by atoms with Crippen molar-refractivity contribution in [3.05, 3.63) is 100 Å². The second kappa shape index (κ2) is 6.95. The normalized spacial score (nSPS) is 18.2. The number of benzene rings is 2. The molecule has 3 heterocycles. The van der Waals surface area contributed by atoms with Crippen LogP contribution in [0.25, 0.3) is 0 Å². The number of aliphatic hydroxyl groups is 1. The predicted octanol–water partition coefficient (Wildman–Crippen LogP) is 3.17. The van der Waals surface area contributed by atoms with Crippen molar-refractivity contribution in [2.45, 2.75) is 18.7 Å². The van der Waals surface area contributed by atoms with Crippen LogP contribution in [0.15, 0.2) is 77.6 Å². The molecule has 5 rings (SSSR count). The molecule has 1 aliphatic rings. The van der Waals surface area contributed by atoms with Crippen molar-refractivity contribution in [2.75, 3.05) is 4.90 Å². The first kappa shape index (κ1) is 17.8. The second-order valence-electron chi connectivity index (χ2n) is 7.02. The van der Waals surface area contributed by atoms with E-state index >= 15 is 0 Å². The molecule has 1 atom stereocenters. The minimum absolute atomic E-state index is 0.247. The summed E-state index contributed by atoms with van der Waals surface area (Å²) in [5.41, 5.74) is 2.01. The number of rotatable bonds is 5. The number of carbonyl (C=O) groups is 1. The van der Waals surface area contributed by atoms with Crippen molar-refractivity contribution in [3.8, 4) is 0 Å². The van der Waals surface area contributed by atoms with Gasteiger partial charge in [0.05, 0.1) is 25.0 Å². The third-order valence-corrected chi connectivity index (χ3v) is 5.86. The molecule has 0 saturated heterocycles. The zero-order valence-corrected chi connectivity index (χ0v) is 16.3. The first-order chi connectivity index (χ1) is 14.2. The van der Waals surface area contributed by atoms with Crippen LogP contribution in [0.3, 0.4) is 0 Å². The topological polar surface area (TPSA) is 71.2 Å². The number of nitrogens with zero attached hydrogens (tertiary/aromatic N) is 4. The molecule has 144 valence electrons. The molecule has 1 amide bonds. The summed E-state index contributed by atoms with van der Waals surface area (Å²) in [7, 11) is 0. The summed E-state index contributed by atoms with van der Waals surface area (Å²) in [6.45, 7) is 0.855. The molecule has 0 radical (unpaired) electrons. The smallest absolute Gasteiger partial charge is 0.268 e.